The normalized spacial score (nSPS) is 15.1. The smallest absolute Gasteiger partial charge is 0.211 e. The maximum absolute atomic E-state index is 13.1. The molecule has 2 aromatic carbocycles. The minimum atomic E-state index is -3.72. The van der Waals surface area contributed by atoms with Gasteiger partial charge >= 0.3 is 0 Å². The maximum Gasteiger partial charge on any atom is 0.211 e. The highest BCUT2D eigenvalue weighted by Gasteiger charge is 2.23. The van der Waals surface area contributed by atoms with Crippen LogP contribution in [0.5, 0.6) is 5.75 Å². The molecule has 27 heavy (non-hydrogen) atoms. The van der Waals surface area contributed by atoms with Crippen molar-refractivity contribution in [2.24, 2.45) is 0 Å². The van der Waals surface area contributed by atoms with E-state index in [1.165, 1.54) is 13.3 Å². The SMILES string of the molecule is COc1ccccc1S(=O)(=O)c1cnc2ccc(N3CCNCC3)cc2c1. The summed E-state index contributed by atoms with van der Waals surface area (Å²) in [6, 6.07) is 14.3. The van der Waals surface area contributed by atoms with E-state index in [1.807, 2.05) is 18.2 Å². The second-order valence-electron chi connectivity index (χ2n) is 6.44. The van der Waals surface area contributed by atoms with Crippen LogP contribution in [0.25, 0.3) is 10.9 Å². The van der Waals surface area contributed by atoms with Crippen LogP contribution in [-0.2, 0) is 9.84 Å². The number of fused-ring (bicyclic) bond motifs is 1. The van der Waals surface area contributed by atoms with E-state index in [1.54, 1.807) is 30.3 Å². The Kier molecular flexibility index (Phi) is 4.72. The van der Waals surface area contributed by atoms with Gasteiger partial charge < -0.3 is 15.0 Å². The van der Waals surface area contributed by atoms with E-state index in [9.17, 15) is 8.42 Å². The van der Waals surface area contributed by atoms with Gasteiger partial charge in [-0.15, -0.1) is 0 Å². The maximum atomic E-state index is 13.1. The van der Waals surface area contributed by atoms with Crippen molar-refractivity contribution >= 4 is 26.4 Å². The van der Waals surface area contributed by atoms with Gasteiger partial charge in [0.05, 0.1) is 17.5 Å². The summed E-state index contributed by atoms with van der Waals surface area (Å²) >= 11 is 0. The molecule has 1 aliphatic heterocycles. The van der Waals surface area contributed by atoms with E-state index in [2.05, 4.69) is 15.2 Å². The van der Waals surface area contributed by atoms with Crippen molar-refractivity contribution in [1.82, 2.24) is 10.3 Å². The first-order chi connectivity index (χ1) is 13.1. The quantitative estimate of drug-likeness (QED) is 0.746. The number of hydrogen-bond acceptors (Lipinski definition) is 6. The lowest BCUT2D eigenvalue weighted by Gasteiger charge is -2.29. The first kappa shape index (κ1) is 17.8. The number of aromatic nitrogens is 1. The van der Waals surface area contributed by atoms with Gasteiger partial charge in [0.15, 0.2) is 0 Å². The Bertz CT molecular complexity index is 1080. The highest BCUT2D eigenvalue weighted by Crippen LogP contribution is 2.31. The molecule has 6 nitrogen and oxygen atoms in total. The lowest BCUT2D eigenvalue weighted by Crippen LogP contribution is -2.43. The van der Waals surface area contributed by atoms with Gasteiger partial charge in [-0.2, -0.15) is 0 Å². The predicted octanol–water partition coefficient (Wildman–Crippen LogP) is 2.49. The molecule has 0 atom stereocenters. The number of nitrogens with one attached hydrogen (secondary N) is 1. The summed E-state index contributed by atoms with van der Waals surface area (Å²) in [5, 5.41) is 4.14. The van der Waals surface area contributed by atoms with E-state index in [0.29, 0.717) is 5.75 Å². The van der Waals surface area contributed by atoms with Crippen LogP contribution >= 0.6 is 0 Å². The van der Waals surface area contributed by atoms with E-state index in [-0.39, 0.29) is 9.79 Å². The Labute approximate surface area is 158 Å². The summed E-state index contributed by atoms with van der Waals surface area (Å²) in [5.41, 5.74) is 1.85. The monoisotopic (exact) mass is 383 g/mol. The number of pyridine rings is 1. The van der Waals surface area contributed by atoms with Crippen LogP contribution in [0.1, 0.15) is 0 Å². The van der Waals surface area contributed by atoms with Crippen molar-refractivity contribution in [3.63, 3.8) is 0 Å². The van der Waals surface area contributed by atoms with Crippen molar-refractivity contribution in [2.75, 3.05) is 38.2 Å². The van der Waals surface area contributed by atoms with Crippen LogP contribution in [-0.4, -0.2) is 46.7 Å². The molecular formula is C20H21N3O3S. The summed E-state index contributed by atoms with van der Waals surface area (Å²) < 4.78 is 31.4. The van der Waals surface area contributed by atoms with Crippen molar-refractivity contribution in [3.05, 3.63) is 54.7 Å². The van der Waals surface area contributed by atoms with Gasteiger partial charge in [0.25, 0.3) is 0 Å². The highest BCUT2D eigenvalue weighted by atomic mass is 32.2. The second-order valence-corrected chi connectivity index (χ2v) is 8.36. The summed E-state index contributed by atoms with van der Waals surface area (Å²) in [5.74, 6) is 0.326. The third-order valence-electron chi connectivity index (χ3n) is 4.79. The van der Waals surface area contributed by atoms with Crippen molar-refractivity contribution in [1.29, 1.82) is 0 Å². The molecule has 4 rings (SSSR count). The van der Waals surface area contributed by atoms with E-state index in [4.69, 9.17) is 4.74 Å². The Morgan fingerprint density at radius 3 is 2.63 bits per heavy atom. The number of rotatable bonds is 4. The Balaban J connectivity index is 1.77. The average Bonchev–Trinajstić information content (AvgIpc) is 2.73. The van der Waals surface area contributed by atoms with Gasteiger partial charge in [-0.05, 0) is 36.4 Å². The molecular weight excluding hydrogens is 362 g/mol. The number of methoxy groups -OCH3 is 1. The lowest BCUT2D eigenvalue weighted by molar-refractivity contribution is 0.402. The van der Waals surface area contributed by atoms with Crippen LogP contribution in [0.3, 0.4) is 0 Å². The third kappa shape index (κ3) is 3.36. The van der Waals surface area contributed by atoms with Gasteiger partial charge in [-0.1, -0.05) is 12.1 Å². The summed E-state index contributed by atoms with van der Waals surface area (Å²) in [7, 11) is -2.26. The molecule has 0 spiro atoms. The standard InChI is InChI=1S/C20H21N3O3S/c1-26-19-4-2-3-5-20(19)27(24,25)17-13-15-12-16(6-7-18(15)22-14-17)23-10-8-21-9-11-23/h2-7,12-14,21H,8-11H2,1H3. The highest BCUT2D eigenvalue weighted by molar-refractivity contribution is 7.91. The molecule has 1 saturated heterocycles. The molecule has 2 heterocycles. The van der Waals surface area contributed by atoms with Crippen LogP contribution < -0.4 is 15.0 Å². The zero-order valence-corrected chi connectivity index (χ0v) is 15.9. The molecule has 0 aliphatic carbocycles. The zero-order chi connectivity index (χ0) is 18.9. The van der Waals surface area contributed by atoms with Crippen LogP contribution in [0, 0.1) is 0 Å². The first-order valence-corrected chi connectivity index (χ1v) is 10.3. The minimum absolute atomic E-state index is 0.145. The Hall–Kier alpha value is -2.64. The fourth-order valence-electron chi connectivity index (χ4n) is 3.33. The molecule has 140 valence electrons. The largest absolute Gasteiger partial charge is 0.495 e. The van der Waals surface area contributed by atoms with Crippen LogP contribution in [0.15, 0.2) is 64.5 Å². The van der Waals surface area contributed by atoms with E-state index in [0.717, 1.165) is 42.8 Å². The number of para-hydroxylation sites is 1. The van der Waals surface area contributed by atoms with Crippen LogP contribution in [0.2, 0.25) is 0 Å². The van der Waals surface area contributed by atoms with Crippen molar-refractivity contribution in [2.45, 2.75) is 9.79 Å². The number of sulfone groups is 1. The van der Waals surface area contributed by atoms with Crippen molar-refractivity contribution in [3.8, 4) is 5.75 Å². The predicted molar refractivity (Wildman–Crippen MR) is 105 cm³/mol. The molecule has 1 fully saturated rings. The number of hydrogen-bond donors (Lipinski definition) is 1. The second kappa shape index (κ2) is 7.17. The third-order valence-corrected chi connectivity index (χ3v) is 6.55. The first-order valence-electron chi connectivity index (χ1n) is 8.83. The zero-order valence-electron chi connectivity index (χ0n) is 15.1. The molecule has 0 radical (unpaired) electrons. The van der Waals surface area contributed by atoms with Gasteiger partial charge in [0.1, 0.15) is 10.6 Å². The average molecular weight is 383 g/mol. The molecule has 0 unspecified atom stereocenters. The Morgan fingerprint density at radius 2 is 1.85 bits per heavy atom. The number of piperazine rings is 1. The van der Waals surface area contributed by atoms with Gasteiger partial charge in [-0.3, -0.25) is 4.98 Å². The number of ether oxygens (including phenoxy) is 1. The van der Waals surface area contributed by atoms with Gasteiger partial charge in [-0.25, -0.2) is 8.42 Å². The molecule has 0 amide bonds. The molecule has 1 aliphatic rings. The van der Waals surface area contributed by atoms with E-state index < -0.39 is 9.84 Å². The fraction of sp³-hybridized carbons (Fsp3) is 0.250. The minimum Gasteiger partial charge on any atom is -0.495 e. The van der Waals surface area contributed by atoms with Crippen LogP contribution in [0.4, 0.5) is 5.69 Å². The summed E-state index contributed by atoms with van der Waals surface area (Å²) in [4.78, 5) is 6.96. The fourth-order valence-corrected chi connectivity index (χ4v) is 4.73. The van der Waals surface area contributed by atoms with Gasteiger partial charge in [0, 0.05) is 43.4 Å². The number of benzene rings is 2. The molecule has 0 saturated carbocycles. The summed E-state index contributed by atoms with van der Waals surface area (Å²) in [6.07, 6.45) is 1.41. The van der Waals surface area contributed by atoms with Gasteiger partial charge in [0.2, 0.25) is 9.84 Å². The Morgan fingerprint density at radius 1 is 1.07 bits per heavy atom. The molecule has 0 bridgehead atoms. The van der Waals surface area contributed by atoms with E-state index >= 15 is 0 Å². The molecule has 1 aromatic heterocycles. The molecule has 1 N–H and O–H groups in total. The topological polar surface area (TPSA) is 71.5 Å². The van der Waals surface area contributed by atoms with Crippen molar-refractivity contribution < 1.29 is 13.2 Å². The summed E-state index contributed by atoms with van der Waals surface area (Å²) in [6.45, 7) is 3.74. The lowest BCUT2D eigenvalue weighted by atomic mass is 10.1. The molecule has 7 heteroatoms. The number of anilines is 1. The molecule has 3 aromatic rings. The number of nitrogens with zero attached hydrogens (tertiary/aromatic N) is 2.